The standard InChI is InChI=1S/C22H29N3O3S.ClH/c1-16-6-5-7-18(14-16)23-29(27,28)20-9-8-17(2)21(15-20)22(26)25(4)19-10-12-24(3)13-11-19;/h5-9,14-15,19,23H,10-13H2,1-4H3;1H/p-1. The molecule has 0 spiro atoms. The van der Waals surface area contributed by atoms with Gasteiger partial charge in [0.1, 0.15) is 0 Å². The zero-order valence-electron chi connectivity index (χ0n) is 17.9. The first-order valence-corrected chi connectivity index (χ1v) is 11.3. The maximum Gasteiger partial charge on any atom is 0.261 e. The van der Waals surface area contributed by atoms with E-state index in [4.69, 9.17) is 0 Å². The summed E-state index contributed by atoms with van der Waals surface area (Å²) in [7, 11) is 0.102. The summed E-state index contributed by atoms with van der Waals surface area (Å²) in [5, 5.41) is 0. The molecule has 1 heterocycles. The van der Waals surface area contributed by atoms with Crippen molar-refractivity contribution < 1.29 is 25.6 Å². The van der Waals surface area contributed by atoms with Gasteiger partial charge in [0.25, 0.3) is 15.9 Å². The second-order valence-corrected chi connectivity index (χ2v) is 9.58. The van der Waals surface area contributed by atoms with Crippen LogP contribution in [0.3, 0.4) is 0 Å². The van der Waals surface area contributed by atoms with E-state index in [1.807, 2.05) is 27.0 Å². The zero-order chi connectivity index (χ0) is 21.2. The van der Waals surface area contributed by atoms with Gasteiger partial charge in [0, 0.05) is 24.3 Å². The summed E-state index contributed by atoms with van der Waals surface area (Å²) in [6.45, 7) is 5.64. The minimum Gasteiger partial charge on any atom is -1.00 e. The molecule has 0 atom stereocenters. The normalized spacial score (nSPS) is 15.3. The van der Waals surface area contributed by atoms with Gasteiger partial charge in [-0.1, -0.05) is 18.2 Å². The van der Waals surface area contributed by atoms with Crippen molar-refractivity contribution in [2.45, 2.75) is 37.6 Å². The van der Waals surface area contributed by atoms with Crippen LogP contribution in [0.4, 0.5) is 5.69 Å². The lowest BCUT2D eigenvalue weighted by Crippen LogP contribution is -3.00. The minimum atomic E-state index is -3.79. The first-order valence-electron chi connectivity index (χ1n) is 9.83. The van der Waals surface area contributed by atoms with Crippen LogP contribution < -0.4 is 17.1 Å². The molecule has 1 fully saturated rings. The van der Waals surface area contributed by atoms with Crippen LogP contribution >= 0.6 is 0 Å². The first-order chi connectivity index (χ1) is 13.7. The molecule has 0 unspecified atom stereocenters. The van der Waals surface area contributed by atoms with Crippen molar-refractivity contribution >= 4 is 21.6 Å². The fourth-order valence-electron chi connectivity index (χ4n) is 3.66. The molecular formula is C22H29ClN3O3S-. The van der Waals surface area contributed by atoms with Crippen LogP contribution in [0.15, 0.2) is 47.4 Å². The Labute approximate surface area is 185 Å². The second kappa shape index (κ2) is 9.81. The lowest BCUT2D eigenvalue weighted by molar-refractivity contribution is -0.0000194. The molecule has 30 heavy (non-hydrogen) atoms. The Morgan fingerprint density at radius 3 is 2.40 bits per heavy atom. The van der Waals surface area contributed by atoms with Crippen molar-refractivity contribution in [3.8, 4) is 0 Å². The molecule has 1 amide bonds. The molecule has 1 saturated heterocycles. The van der Waals surface area contributed by atoms with Crippen LogP contribution in [0.1, 0.15) is 34.3 Å². The number of carbonyl (C=O) groups is 1. The predicted molar refractivity (Wildman–Crippen MR) is 116 cm³/mol. The summed E-state index contributed by atoms with van der Waals surface area (Å²) >= 11 is 0. The quantitative estimate of drug-likeness (QED) is 0.710. The van der Waals surface area contributed by atoms with Crippen molar-refractivity contribution in [1.82, 2.24) is 9.80 Å². The van der Waals surface area contributed by atoms with Crippen molar-refractivity contribution in [3.63, 3.8) is 0 Å². The highest BCUT2D eigenvalue weighted by atomic mass is 35.5. The number of aryl methyl sites for hydroxylation is 2. The molecule has 1 aliphatic heterocycles. The summed E-state index contributed by atoms with van der Waals surface area (Å²) in [5.74, 6) is -0.135. The molecule has 3 rings (SSSR count). The molecule has 0 aromatic heterocycles. The Kier molecular flexibility index (Phi) is 7.91. The van der Waals surface area contributed by atoms with Crippen molar-refractivity contribution in [3.05, 3.63) is 59.2 Å². The summed E-state index contributed by atoms with van der Waals surface area (Å²) < 4.78 is 28.3. The largest absolute Gasteiger partial charge is 1.00 e. The van der Waals surface area contributed by atoms with Gasteiger partial charge in [0.15, 0.2) is 0 Å². The summed E-state index contributed by atoms with van der Waals surface area (Å²) in [6.07, 6.45) is 1.84. The SMILES string of the molecule is Cc1cccc(NS(=O)(=O)c2ccc(C)c(C(=O)N(C)C3CCN(C)CC3)c2)c1.[Cl-]. The first kappa shape index (κ1) is 24.2. The van der Waals surface area contributed by atoms with E-state index in [0.717, 1.165) is 37.1 Å². The van der Waals surface area contributed by atoms with Gasteiger partial charge in [-0.25, -0.2) is 8.42 Å². The lowest BCUT2D eigenvalue weighted by atomic mass is 10.0. The highest BCUT2D eigenvalue weighted by Crippen LogP contribution is 2.23. The van der Waals surface area contributed by atoms with Gasteiger partial charge in [-0.05, 0) is 82.2 Å². The Morgan fingerprint density at radius 2 is 1.77 bits per heavy atom. The average Bonchev–Trinajstić information content (AvgIpc) is 2.67. The van der Waals surface area contributed by atoms with Crippen LogP contribution in [-0.2, 0) is 10.0 Å². The molecule has 8 heteroatoms. The molecule has 2 aromatic rings. The van der Waals surface area contributed by atoms with Crippen molar-refractivity contribution in [1.29, 1.82) is 0 Å². The van der Waals surface area contributed by atoms with E-state index in [2.05, 4.69) is 16.7 Å². The summed E-state index contributed by atoms with van der Waals surface area (Å²) in [6, 6.07) is 12.1. The zero-order valence-corrected chi connectivity index (χ0v) is 19.4. The molecule has 0 bridgehead atoms. The van der Waals surface area contributed by atoms with E-state index in [1.165, 1.54) is 6.07 Å². The Hall–Kier alpha value is -2.09. The number of halogens is 1. The molecular weight excluding hydrogens is 422 g/mol. The Bertz CT molecular complexity index is 1000. The molecule has 0 saturated carbocycles. The molecule has 164 valence electrons. The van der Waals surface area contributed by atoms with Gasteiger partial charge in [-0.3, -0.25) is 9.52 Å². The number of benzene rings is 2. The van der Waals surface area contributed by atoms with E-state index in [9.17, 15) is 13.2 Å². The number of amides is 1. The smallest absolute Gasteiger partial charge is 0.261 e. The number of anilines is 1. The highest BCUT2D eigenvalue weighted by molar-refractivity contribution is 7.92. The summed E-state index contributed by atoms with van der Waals surface area (Å²) in [5.41, 5.74) is 2.66. The summed E-state index contributed by atoms with van der Waals surface area (Å²) in [4.78, 5) is 17.2. The van der Waals surface area contributed by atoms with Crippen LogP contribution in [0.5, 0.6) is 0 Å². The Balaban J connectivity index is 0.00000320. The highest BCUT2D eigenvalue weighted by Gasteiger charge is 2.26. The van der Waals surface area contributed by atoms with Gasteiger partial charge in [-0.2, -0.15) is 0 Å². The van der Waals surface area contributed by atoms with Gasteiger partial charge in [0.2, 0.25) is 0 Å². The van der Waals surface area contributed by atoms with E-state index in [0.29, 0.717) is 11.3 Å². The number of nitrogens with one attached hydrogen (secondary N) is 1. The van der Waals surface area contributed by atoms with Gasteiger partial charge < -0.3 is 22.2 Å². The van der Waals surface area contributed by atoms with E-state index in [-0.39, 0.29) is 29.3 Å². The van der Waals surface area contributed by atoms with Crippen molar-refractivity contribution in [2.75, 3.05) is 31.9 Å². The number of rotatable bonds is 5. The number of likely N-dealkylation sites (tertiary alicyclic amines) is 1. The molecule has 0 aliphatic carbocycles. The van der Waals surface area contributed by atoms with Crippen LogP contribution in [0.2, 0.25) is 0 Å². The maximum absolute atomic E-state index is 13.1. The molecule has 6 nitrogen and oxygen atoms in total. The van der Waals surface area contributed by atoms with Gasteiger partial charge in [-0.15, -0.1) is 0 Å². The van der Waals surface area contributed by atoms with Crippen LogP contribution in [-0.4, -0.2) is 57.4 Å². The third-order valence-corrected chi connectivity index (χ3v) is 6.96. The number of hydrogen-bond acceptors (Lipinski definition) is 4. The third kappa shape index (κ3) is 5.53. The monoisotopic (exact) mass is 450 g/mol. The second-order valence-electron chi connectivity index (χ2n) is 7.90. The van der Waals surface area contributed by atoms with E-state index >= 15 is 0 Å². The van der Waals surface area contributed by atoms with Crippen molar-refractivity contribution in [2.24, 2.45) is 0 Å². The van der Waals surface area contributed by atoms with E-state index in [1.54, 1.807) is 35.2 Å². The van der Waals surface area contributed by atoms with Crippen LogP contribution in [0, 0.1) is 13.8 Å². The maximum atomic E-state index is 13.1. The number of sulfonamides is 1. The van der Waals surface area contributed by atoms with Gasteiger partial charge in [0.05, 0.1) is 4.90 Å². The Morgan fingerprint density at radius 1 is 1.10 bits per heavy atom. The predicted octanol–water partition coefficient (Wildman–Crippen LogP) is 0.274. The molecule has 2 aromatic carbocycles. The fourth-order valence-corrected chi connectivity index (χ4v) is 4.73. The van der Waals surface area contributed by atoms with Crippen LogP contribution in [0.25, 0.3) is 0 Å². The number of nitrogens with zero attached hydrogens (tertiary/aromatic N) is 2. The van der Waals surface area contributed by atoms with Gasteiger partial charge >= 0.3 is 0 Å². The van der Waals surface area contributed by atoms with E-state index < -0.39 is 10.0 Å². The third-order valence-electron chi connectivity index (χ3n) is 5.58. The number of carbonyl (C=O) groups excluding carboxylic acids is 1. The molecule has 1 aliphatic rings. The lowest BCUT2D eigenvalue weighted by Gasteiger charge is -2.35. The topological polar surface area (TPSA) is 69.7 Å². The average molecular weight is 451 g/mol. The molecule has 1 N–H and O–H groups in total. The number of hydrogen-bond donors (Lipinski definition) is 1. The molecule has 0 radical (unpaired) electrons. The minimum absolute atomic E-state index is 0. The number of piperidine rings is 1. The fraction of sp³-hybridized carbons (Fsp3) is 0.409.